The maximum Gasteiger partial charge on any atom is 0.315 e. The molecule has 0 bridgehead atoms. The number of nitrogens with one attached hydrogen (secondary N) is 4. The maximum atomic E-state index is 13.2. The number of H-pyrrole nitrogens is 1. The molecule has 0 spiro atoms. The molecule has 4 rings (SSSR count). The summed E-state index contributed by atoms with van der Waals surface area (Å²) >= 11 is 1.89. The van der Waals surface area contributed by atoms with Crippen molar-refractivity contribution in [1.29, 1.82) is 0 Å². The van der Waals surface area contributed by atoms with E-state index in [-0.39, 0.29) is 29.8 Å². The number of urea groups is 1. The monoisotopic (exact) mass is 391 g/mol. The molecule has 1 aromatic carbocycles. The Kier molecular flexibility index (Phi) is 5.20. The van der Waals surface area contributed by atoms with Crippen LogP contribution in [0.25, 0.3) is 10.9 Å². The number of rotatable bonds is 7. The Morgan fingerprint density at radius 3 is 3.11 bits per heavy atom. The predicted molar refractivity (Wildman–Crippen MR) is 102 cm³/mol. The van der Waals surface area contributed by atoms with Gasteiger partial charge in [0.2, 0.25) is 5.91 Å². The zero-order chi connectivity index (χ0) is 18.8. The lowest BCUT2D eigenvalue weighted by atomic mass is 10.0. The number of carbonyl (C=O) groups is 2. The Balaban J connectivity index is 1.17. The molecule has 0 radical (unpaired) electrons. The standard InChI is InChI=1S/C18H22FN5O2S/c19-10-5-6-11-12(7-10)23-24-13(11)8-20-16(25)4-2-1-3-15-17-14(9-27-15)21-18(26)22-17/h5-7,14-15,17H,1-4,8-9H2,(H,20,25)(H,23,24)(H2,21,22,26)/t14-,15-,17-/m0/s1. The van der Waals surface area contributed by atoms with Crippen LogP contribution in [-0.2, 0) is 11.3 Å². The van der Waals surface area contributed by atoms with E-state index < -0.39 is 0 Å². The molecule has 3 amide bonds. The van der Waals surface area contributed by atoms with Crippen LogP contribution in [0.3, 0.4) is 0 Å². The van der Waals surface area contributed by atoms with E-state index >= 15 is 0 Å². The molecule has 3 heterocycles. The van der Waals surface area contributed by atoms with Gasteiger partial charge in [-0.15, -0.1) is 0 Å². The third kappa shape index (κ3) is 4.02. The molecule has 2 fully saturated rings. The summed E-state index contributed by atoms with van der Waals surface area (Å²) in [6.07, 6.45) is 3.24. The van der Waals surface area contributed by atoms with E-state index in [9.17, 15) is 14.0 Å². The molecule has 0 aliphatic carbocycles. The molecule has 144 valence electrons. The summed E-state index contributed by atoms with van der Waals surface area (Å²) in [5.41, 5.74) is 1.33. The number of hydrogen-bond donors (Lipinski definition) is 4. The number of hydrogen-bond acceptors (Lipinski definition) is 4. The zero-order valence-electron chi connectivity index (χ0n) is 14.8. The number of benzene rings is 1. The van der Waals surface area contributed by atoms with Gasteiger partial charge in [-0.25, -0.2) is 9.18 Å². The van der Waals surface area contributed by atoms with Gasteiger partial charge in [-0.05, 0) is 25.0 Å². The summed E-state index contributed by atoms with van der Waals surface area (Å²) in [5.74, 6) is 0.619. The van der Waals surface area contributed by atoms with Crippen molar-refractivity contribution in [2.24, 2.45) is 0 Å². The SMILES string of the molecule is O=C(CCCC[C@@H]1SC[C@@H]2NC(=O)N[C@@H]21)NCc1[nH]nc2cc(F)ccc12. The fourth-order valence-electron chi connectivity index (χ4n) is 3.72. The van der Waals surface area contributed by atoms with Gasteiger partial charge in [-0.3, -0.25) is 9.89 Å². The van der Waals surface area contributed by atoms with Gasteiger partial charge in [0.05, 0.1) is 29.8 Å². The molecule has 2 aliphatic rings. The zero-order valence-corrected chi connectivity index (χ0v) is 15.6. The van der Waals surface area contributed by atoms with Crippen molar-refractivity contribution in [3.05, 3.63) is 29.7 Å². The average Bonchev–Trinajstić information content (AvgIpc) is 3.31. The van der Waals surface area contributed by atoms with Crippen LogP contribution in [-0.4, -0.2) is 45.2 Å². The van der Waals surface area contributed by atoms with E-state index in [1.165, 1.54) is 12.1 Å². The lowest BCUT2D eigenvalue weighted by molar-refractivity contribution is -0.121. The molecule has 27 heavy (non-hydrogen) atoms. The first-order valence-corrected chi connectivity index (χ1v) is 10.2. The van der Waals surface area contributed by atoms with Crippen LogP contribution in [0.15, 0.2) is 18.2 Å². The van der Waals surface area contributed by atoms with Crippen LogP contribution >= 0.6 is 11.8 Å². The van der Waals surface area contributed by atoms with E-state index in [1.54, 1.807) is 6.07 Å². The highest BCUT2D eigenvalue weighted by Crippen LogP contribution is 2.33. The van der Waals surface area contributed by atoms with Gasteiger partial charge < -0.3 is 16.0 Å². The van der Waals surface area contributed by atoms with E-state index in [0.717, 1.165) is 36.1 Å². The Bertz CT molecular complexity index is 857. The number of aromatic amines is 1. The minimum atomic E-state index is -0.329. The van der Waals surface area contributed by atoms with Crippen molar-refractivity contribution in [3.63, 3.8) is 0 Å². The molecule has 2 aromatic rings. The van der Waals surface area contributed by atoms with Crippen LogP contribution in [0.2, 0.25) is 0 Å². The van der Waals surface area contributed by atoms with Crippen molar-refractivity contribution in [1.82, 2.24) is 26.1 Å². The number of unbranched alkanes of at least 4 members (excludes halogenated alkanes) is 1. The molecule has 3 atom stereocenters. The maximum absolute atomic E-state index is 13.2. The van der Waals surface area contributed by atoms with Gasteiger partial charge in [0.25, 0.3) is 0 Å². The third-order valence-corrected chi connectivity index (χ3v) is 6.65. The summed E-state index contributed by atoms with van der Waals surface area (Å²) < 4.78 is 13.2. The first-order valence-electron chi connectivity index (χ1n) is 9.18. The minimum Gasteiger partial charge on any atom is -0.350 e. The molecule has 0 unspecified atom stereocenters. The van der Waals surface area contributed by atoms with Crippen LogP contribution in [0.1, 0.15) is 31.4 Å². The van der Waals surface area contributed by atoms with E-state index in [1.807, 2.05) is 11.8 Å². The number of thioether (sulfide) groups is 1. The lowest BCUT2D eigenvalue weighted by Crippen LogP contribution is -2.36. The molecule has 1 aromatic heterocycles. The normalized spacial score (nSPS) is 23.9. The summed E-state index contributed by atoms with van der Waals surface area (Å²) in [6.45, 7) is 0.348. The second-order valence-electron chi connectivity index (χ2n) is 7.01. The second-order valence-corrected chi connectivity index (χ2v) is 8.28. The number of halogens is 1. The van der Waals surface area contributed by atoms with Crippen molar-refractivity contribution in [2.45, 2.75) is 49.6 Å². The van der Waals surface area contributed by atoms with Crippen molar-refractivity contribution >= 4 is 34.6 Å². The fraction of sp³-hybridized carbons (Fsp3) is 0.500. The van der Waals surface area contributed by atoms with Gasteiger partial charge in [0.15, 0.2) is 0 Å². The molecular formula is C18H22FN5O2S. The molecule has 9 heteroatoms. The van der Waals surface area contributed by atoms with Gasteiger partial charge in [-0.2, -0.15) is 16.9 Å². The Morgan fingerprint density at radius 1 is 1.33 bits per heavy atom. The first kappa shape index (κ1) is 18.1. The van der Waals surface area contributed by atoms with Crippen LogP contribution in [0.5, 0.6) is 0 Å². The predicted octanol–water partition coefficient (Wildman–Crippen LogP) is 2.04. The highest BCUT2D eigenvalue weighted by atomic mass is 32.2. The van der Waals surface area contributed by atoms with E-state index in [2.05, 4.69) is 26.1 Å². The summed E-state index contributed by atoms with van der Waals surface area (Å²) in [4.78, 5) is 23.5. The summed E-state index contributed by atoms with van der Waals surface area (Å²) in [7, 11) is 0. The van der Waals surface area contributed by atoms with Crippen molar-refractivity contribution in [3.8, 4) is 0 Å². The molecule has 2 saturated heterocycles. The quantitative estimate of drug-likeness (QED) is 0.429. The Hall–Kier alpha value is -2.29. The van der Waals surface area contributed by atoms with Crippen molar-refractivity contribution < 1.29 is 14.0 Å². The van der Waals surface area contributed by atoms with Crippen LogP contribution < -0.4 is 16.0 Å². The largest absolute Gasteiger partial charge is 0.350 e. The number of amides is 3. The lowest BCUT2D eigenvalue weighted by Gasteiger charge is -2.16. The topological polar surface area (TPSA) is 98.9 Å². The number of aromatic nitrogens is 2. The van der Waals surface area contributed by atoms with Crippen molar-refractivity contribution in [2.75, 3.05) is 5.75 Å². The highest BCUT2D eigenvalue weighted by Gasteiger charge is 2.42. The van der Waals surface area contributed by atoms with Crippen LogP contribution in [0.4, 0.5) is 9.18 Å². The fourth-order valence-corrected chi connectivity index (χ4v) is 5.27. The average molecular weight is 391 g/mol. The Morgan fingerprint density at radius 2 is 2.22 bits per heavy atom. The molecule has 7 nitrogen and oxygen atoms in total. The number of fused-ring (bicyclic) bond motifs is 2. The molecular weight excluding hydrogens is 369 g/mol. The molecule has 0 saturated carbocycles. The van der Waals surface area contributed by atoms with Crippen LogP contribution in [0, 0.1) is 5.82 Å². The third-order valence-electron chi connectivity index (χ3n) is 5.14. The van der Waals surface area contributed by atoms with Gasteiger partial charge in [-0.1, -0.05) is 6.42 Å². The van der Waals surface area contributed by atoms with E-state index in [0.29, 0.717) is 23.7 Å². The molecule has 4 N–H and O–H groups in total. The molecule has 2 aliphatic heterocycles. The van der Waals surface area contributed by atoms with E-state index in [4.69, 9.17) is 0 Å². The summed E-state index contributed by atoms with van der Waals surface area (Å²) in [6, 6.07) is 4.81. The van der Waals surface area contributed by atoms with Gasteiger partial charge in [0, 0.05) is 28.9 Å². The Labute approximate surface area is 160 Å². The number of carbonyl (C=O) groups excluding carboxylic acids is 2. The highest BCUT2D eigenvalue weighted by molar-refractivity contribution is 8.00. The van der Waals surface area contributed by atoms with Gasteiger partial charge >= 0.3 is 6.03 Å². The van der Waals surface area contributed by atoms with Gasteiger partial charge in [0.1, 0.15) is 5.82 Å². The first-order chi connectivity index (χ1) is 13.1. The minimum absolute atomic E-state index is 0.00681. The summed E-state index contributed by atoms with van der Waals surface area (Å²) in [5, 5.41) is 17.0. The smallest absolute Gasteiger partial charge is 0.315 e. The number of nitrogens with zero attached hydrogens (tertiary/aromatic N) is 1. The second kappa shape index (κ2) is 7.75.